The van der Waals surface area contributed by atoms with E-state index in [-0.39, 0.29) is 11.8 Å². The first-order valence-corrected chi connectivity index (χ1v) is 8.25. The van der Waals surface area contributed by atoms with Crippen LogP contribution in [0.2, 0.25) is 0 Å². The third-order valence-electron chi connectivity index (χ3n) is 4.34. The summed E-state index contributed by atoms with van der Waals surface area (Å²) in [5.74, 6) is 0.926. The molecular weight excluding hydrogens is 276 g/mol. The molecule has 1 aliphatic heterocycles. The van der Waals surface area contributed by atoms with E-state index in [1.54, 1.807) is 6.92 Å². The van der Waals surface area contributed by atoms with Crippen LogP contribution in [0.15, 0.2) is 30.3 Å². The minimum atomic E-state index is 0.0488. The van der Waals surface area contributed by atoms with Gasteiger partial charge < -0.3 is 10.2 Å². The molecule has 1 heterocycles. The quantitative estimate of drug-likeness (QED) is 0.822. The molecule has 1 aliphatic rings. The zero-order chi connectivity index (χ0) is 15.8. The summed E-state index contributed by atoms with van der Waals surface area (Å²) in [6, 6.07) is 9.53. The summed E-state index contributed by atoms with van der Waals surface area (Å²) >= 11 is 0. The number of carbonyl (C=O) groups is 2. The third kappa shape index (κ3) is 5.17. The van der Waals surface area contributed by atoms with E-state index in [4.69, 9.17) is 0 Å². The van der Waals surface area contributed by atoms with Gasteiger partial charge in [-0.1, -0.05) is 31.0 Å². The van der Waals surface area contributed by atoms with Crippen molar-refractivity contribution in [2.24, 2.45) is 5.92 Å². The van der Waals surface area contributed by atoms with Crippen molar-refractivity contribution in [1.82, 2.24) is 10.2 Å². The molecule has 0 aromatic heterocycles. The fourth-order valence-corrected chi connectivity index (χ4v) is 3.01. The number of hydrogen-bond donors (Lipinski definition) is 1. The van der Waals surface area contributed by atoms with Crippen LogP contribution in [0.4, 0.5) is 0 Å². The van der Waals surface area contributed by atoms with E-state index >= 15 is 0 Å². The van der Waals surface area contributed by atoms with Crippen LogP contribution in [0.1, 0.15) is 49.4 Å². The second-order valence-electron chi connectivity index (χ2n) is 6.08. The van der Waals surface area contributed by atoms with E-state index in [0.29, 0.717) is 0 Å². The van der Waals surface area contributed by atoms with E-state index in [1.165, 1.54) is 6.42 Å². The predicted octanol–water partition coefficient (Wildman–Crippen LogP) is 2.85. The van der Waals surface area contributed by atoms with Crippen molar-refractivity contribution in [2.45, 2.75) is 39.0 Å². The molecule has 1 fully saturated rings. The second kappa shape index (κ2) is 8.57. The van der Waals surface area contributed by atoms with E-state index < -0.39 is 0 Å². The molecule has 2 amide bonds. The van der Waals surface area contributed by atoms with Crippen molar-refractivity contribution in [3.63, 3.8) is 0 Å². The zero-order valence-corrected chi connectivity index (χ0v) is 13.4. The molecule has 1 aromatic carbocycles. The first-order valence-electron chi connectivity index (χ1n) is 8.25. The van der Waals surface area contributed by atoms with Crippen LogP contribution in [-0.4, -0.2) is 36.3 Å². The van der Waals surface area contributed by atoms with Crippen LogP contribution in [0, 0.1) is 5.92 Å². The van der Waals surface area contributed by atoms with Crippen molar-refractivity contribution in [1.29, 1.82) is 0 Å². The monoisotopic (exact) mass is 302 g/mol. The standard InChI is InChI=1S/C18H26N2O2/c1-15(21)19-12-6-5-7-16-10-13-20(14-11-16)18(22)17-8-3-2-4-9-17/h2-4,8-9,16H,5-7,10-14H2,1H3,(H,19,21). The largest absolute Gasteiger partial charge is 0.356 e. The molecule has 2 rings (SSSR count). The van der Waals surface area contributed by atoms with Crippen molar-refractivity contribution >= 4 is 11.8 Å². The Morgan fingerprint density at radius 2 is 1.82 bits per heavy atom. The van der Waals surface area contributed by atoms with Crippen LogP contribution < -0.4 is 5.32 Å². The molecule has 0 bridgehead atoms. The molecule has 4 heteroatoms. The normalized spacial score (nSPS) is 15.6. The number of carbonyl (C=O) groups excluding carboxylic acids is 2. The fraction of sp³-hybridized carbons (Fsp3) is 0.556. The number of amides is 2. The van der Waals surface area contributed by atoms with Gasteiger partial charge in [0.05, 0.1) is 0 Å². The zero-order valence-electron chi connectivity index (χ0n) is 13.4. The number of nitrogens with one attached hydrogen (secondary N) is 1. The van der Waals surface area contributed by atoms with Gasteiger partial charge in [0, 0.05) is 32.1 Å². The summed E-state index contributed by atoms with van der Waals surface area (Å²) < 4.78 is 0. The van der Waals surface area contributed by atoms with E-state index in [9.17, 15) is 9.59 Å². The molecule has 0 aliphatic carbocycles. The van der Waals surface area contributed by atoms with Crippen molar-refractivity contribution in [2.75, 3.05) is 19.6 Å². The number of unbranched alkanes of at least 4 members (excludes halogenated alkanes) is 1. The Kier molecular flexibility index (Phi) is 6.44. The molecule has 4 nitrogen and oxygen atoms in total. The maximum atomic E-state index is 12.4. The highest BCUT2D eigenvalue weighted by atomic mass is 16.2. The number of benzene rings is 1. The molecule has 0 unspecified atom stereocenters. The Labute approximate surface area is 132 Å². The first-order chi connectivity index (χ1) is 10.7. The third-order valence-corrected chi connectivity index (χ3v) is 4.34. The molecule has 120 valence electrons. The number of likely N-dealkylation sites (tertiary alicyclic amines) is 1. The number of nitrogens with zero attached hydrogens (tertiary/aromatic N) is 1. The van der Waals surface area contributed by atoms with Gasteiger partial charge in [-0.2, -0.15) is 0 Å². The first kappa shape index (κ1) is 16.5. The van der Waals surface area contributed by atoms with Gasteiger partial charge in [-0.25, -0.2) is 0 Å². The van der Waals surface area contributed by atoms with Gasteiger partial charge in [-0.15, -0.1) is 0 Å². The highest BCUT2D eigenvalue weighted by Crippen LogP contribution is 2.23. The van der Waals surface area contributed by atoms with Gasteiger partial charge in [-0.3, -0.25) is 9.59 Å². The Bertz CT molecular complexity index is 479. The Morgan fingerprint density at radius 3 is 2.45 bits per heavy atom. The van der Waals surface area contributed by atoms with Crippen molar-refractivity contribution < 1.29 is 9.59 Å². The number of piperidine rings is 1. The van der Waals surface area contributed by atoms with Gasteiger partial charge in [0.15, 0.2) is 0 Å². The van der Waals surface area contributed by atoms with Gasteiger partial charge >= 0.3 is 0 Å². The lowest BCUT2D eigenvalue weighted by molar-refractivity contribution is -0.118. The summed E-state index contributed by atoms with van der Waals surface area (Å²) in [7, 11) is 0. The molecule has 0 saturated carbocycles. The second-order valence-corrected chi connectivity index (χ2v) is 6.08. The summed E-state index contributed by atoms with van der Waals surface area (Å²) in [5.41, 5.74) is 0.788. The van der Waals surface area contributed by atoms with E-state index in [0.717, 1.165) is 56.8 Å². The Hall–Kier alpha value is -1.84. The lowest BCUT2D eigenvalue weighted by atomic mass is 9.91. The summed E-state index contributed by atoms with van der Waals surface area (Å²) in [4.78, 5) is 25.1. The van der Waals surface area contributed by atoms with Gasteiger partial charge in [0.1, 0.15) is 0 Å². The lowest BCUT2D eigenvalue weighted by Gasteiger charge is -2.32. The lowest BCUT2D eigenvalue weighted by Crippen LogP contribution is -2.38. The van der Waals surface area contributed by atoms with E-state index in [2.05, 4.69) is 5.32 Å². The molecule has 0 atom stereocenters. The van der Waals surface area contributed by atoms with Crippen LogP contribution in [0.25, 0.3) is 0 Å². The summed E-state index contributed by atoms with van der Waals surface area (Å²) in [6.45, 7) is 4.06. The molecular formula is C18H26N2O2. The minimum Gasteiger partial charge on any atom is -0.356 e. The maximum Gasteiger partial charge on any atom is 0.253 e. The molecule has 1 aromatic rings. The maximum absolute atomic E-state index is 12.4. The number of rotatable bonds is 6. The van der Waals surface area contributed by atoms with Crippen molar-refractivity contribution in [3.05, 3.63) is 35.9 Å². The fourth-order valence-electron chi connectivity index (χ4n) is 3.01. The predicted molar refractivity (Wildman–Crippen MR) is 87.6 cm³/mol. The Morgan fingerprint density at radius 1 is 1.14 bits per heavy atom. The van der Waals surface area contributed by atoms with Crippen LogP contribution in [-0.2, 0) is 4.79 Å². The van der Waals surface area contributed by atoms with Crippen LogP contribution in [0.5, 0.6) is 0 Å². The number of hydrogen-bond acceptors (Lipinski definition) is 2. The highest BCUT2D eigenvalue weighted by molar-refractivity contribution is 5.94. The van der Waals surface area contributed by atoms with Gasteiger partial charge in [0.25, 0.3) is 5.91 Å². The summed E-state index contributed by atoms with van der Waals surface area (Å²) in [5, 5.41) is 2.83. The Balaban J connectivity index is 1.65. The van der Waals surface area contributed by atoms with Crippen LogP contribution >= 0.6 is 0 Å². The van der Waals surface area contributed by atoms with Gasteiger partial charge in [-0.05, 0) is 37.3 Å². The summed E-state index contributed by atoms with van der Waals surface area (Å²) in [6.07, 6.45) is 5.59. The molecule has 0 spiro atoms. The van der Waals surface area contributed by atoms with Crippen molar-refractivity contribution in [3.8, 4) is 0 Å². The van der Waals surface area contributed by atoms with E-state index in [1.807, 2.05) is 35.2 Å². The molecule has 1 N–H and O–H groups in total. The minimum absolute atomic E-state index is 0.0488. The molecule has 22 heavy (non-hydrogen) atoms. The highest BCUT2D eigenvalue weighted by Gasteiger charge is 2.23. The van der Waals surface area contributed by atoms with Crippen LogP contribution in [0.3, 0.4) is 0 Å². The van der Waals surface area contributed by atoms with Gasteiger partial charge in [0.2, 0.25) is 5.91 Å². The average Bonchev–Trinajstić information content (AvgIpc) is 2.55. The average molecular weight is 302 g/mol. The molecule has 0 radical (unpaired) electrons. The SMILES string of the molecule is CC(=O)NCCCCC1CCN(C(=O)c2ccccc2)CC1. The molecule has 1 saturated heterocycles. The topological polar surface area (TPSA) is 49.4 Å². The smallest absolute Gasteiger partial charge is 0.253 e.